The predicted octanol–water partition coefficient (Wildman–Crippen LogP) is 4.62. The third kappa shape index (κ3) is 3.09. The van der Waals surface area contributed by atoms with Gasteiger partial charge in [-0.2, -0.15) is 0 Å². The average molecular weight is 408 g/mol. The Bertz CT molecular complexity index is 994. The zero-order valence-electron chi connectivity index (χ0n) is 19.9. The van der Waals surface area contributed by atoms with Crippen LogP contribution in [-0.2, 0) is 10.2 Å². The van der Waals surface area contributed by atoms with E-state index in [1.807, 2.05) is 0 Å². The molecule has 1 saturated heterocycles. The van der Waals surface area contributed by atoms with E-state index in [-0.39, 0.29) is 5.41 Å². The van der Waals surface area contributed by atoms with Crippen molar-refractivity contribution in [3.8, 4) is 0 Å². The lowest BCUT2D eigenvalue weighted by Gasteiger charge is -2.39. The molecule has 1 atom stereocenters. The Labute approximate surface area is 182 Å². The highest BCUT2D eigenvalue weighted by Gasteiger charge is 2.58. The van der Waals surface area contributed by atoms with Gasteiger partial charge in [0.1, 0.15) is 0 Å². The number of ether oxygens (including phenoxy) is 1. The highest BCUT2D eigenvalue weighted by Crippen LogP contribution is 2.55. The van der Waals surface area contributed by atoms with Crippen molar-refractivity contribution in [1.82, 2.24) is 8.97 Å². The predicted molar refractivity (Wildman–Crippen MR) is 130 cm³/mol. The molecular formula is C26H37N3O+2. The third-order valence-electron chi connectivity index (χ3n) is 6.75. The Hall–Kier alpha value is -2.14. The lowest BCUT2D eigenvalue weighted by atomic mass is 9.77. The van der Waals surface area contributed by atoms with Crippen LogP contribution < -0.4 is 13.9 Å². The summed E-state index contributed by atoms with van der Waals surface area (Å²) in [6, 6.07) is 15.6. The molecular weight excluding hydrogens is 370 g/mol. The number of benzene rings is 2. The van der Waals surface area contributed by atoms with Gasteiger partial charge in [0.15, 0.2) is 17.1 Å². The number of anilines is 1. The zero-order chi connectivity index (χ0) is 21.9. The molecule has 4 rings (SSSR count). The summed E-state index contributed by atoms with van der Waals surface area (Å²) in [5, 5.41) is 0. The van der Waals surface area contributed by atoms with E-state index in [4.69, 9.17) is 4.74 Å². The van der Waals surface area contributed by atoms with Crippen LogP contribution >= 0.6 is 0 Å². The van der Waals surface area contributed by atoms with Gasteiger partial charge in [-0.1, -0.05) is 38.1 Å². The second-order valence-corrected chi connectivity index (χ2v) is 10.9. The van der Waals surface area contributed by atoms with Crippen LogP contribution in [0.15, 0.2) is 48.5 Å². The second-order valence-electron chi connectivity index (χ2n) is 10.9. The van der Waals surface area contributed by atoms with Gasteiger partial charge in [0.05, 0.1) is 48.9 Å². The third-order valence-corrected chi connectivity index (χ3v) is 6.75. The SMILES string of the molecule is CC1(C)c2ccccc2N2CCOC21/C=C/c1ccc([N+](C)(C)C)c([N+](C)(C)C)c1. The number of quaternary nitrogens is 2. The molecule has 1 fully saturated rings. The molecule has 2 heterocycles. The molecule has 0 aliphatic carbocycles. The van der Waals surface area contributed by atoms with Crippen LogP contribution in [0.1, 0.15) is 25.0 Å². The van der Waals surface area contributed by atoms with Gasteiger partial charge in [-0.25, -0.2) is 0 Å². The minimum absolute atomic E-state index is 0.123. The summed E-state index contributed by atoms with van der Waals surface area (Å²) in [6.07, 6.45) is 4.55. The van der Waals surface area contributed by atoms with E-state index in [2.05, 4.69) is 116 Å². The van der Waals surface area contributed by atoms with Crippen molar-refractivity contribution in [2.45, 2.75) is 25.0 Å². The van der Waals surface area contributed by atoms with Crippen LogP contribution in [0.4, 0.5) is 17.1 Å². The first-order valence-corrected chi connectivity index (χ1v) is 10.9. The minimum Gasteiger partial charge on any atom is -0.349 e. The van der Waals surface area contributed by atoms with E-state index < -0.39 is 5.72 Å². The molecule has 0 radical (unpaired) electrons. The monoisotopic (exact) mass is 407 g/mol. The van der Waals surface area contributed by atoms with E-state index in [1.165, 1.54) is 28.2 Å². The summed E-state index contributed by atoms with van der Waals surface area (Å²) in [6.45, 7) is 6.29. The molecule has 0 aromatic heterocycles. The van der Waals surface area contributed by atoms with Gasteiger partial charge in [0, 0.05) is 29.8 Å². The lowest BCUT2D eigenvalue weighted by Crippen LogP contribution is -2.51. The van der Waals surface area contributed by atoms with Gasteiger partial charge in [0.2, 0.25) is 0 Å². The van der Waals surface area contributed by atoms with Crippen molar-refractivity contribution in [1.29, 1.82) is 0 Å². The van der Waals surface area contributed by atoms with Crippen LogP contribution in [0.2, 0.25) is 0 Å². The number of fused-ring (bicyclic) bond motifs is 3. The van der Waals surface area contributed by atoms with Crippen LogP contribution in [-0.4, -0.2) is 61.2 Å². The molecule has 0 saturated carbocycles. The maximum Gasteiger partial charge on any atom is 0.194 e. The minimum atomic E-state index is -0.438. The first-order valence-electron chi connectivity index (χ1n) is 10.9. The molecule has 160 valence electrons. The first kappa shape index (κ1) is 21.1. The van der Waals surface area contributed by atoms with Crippen molar-refractivity contribution in [3.63, 3.8) is 0 Å². The molecule has 4 nitrogen and oxygen atoms in total. The average Bonchev–Trinajstić information content (AvgIpc) is 3.16. The first-order chi connectivity index (χ1) is 13.9. The van der Waals surface area contributed by atoms with E-state index in [9.17, 15) is 0 Å². The number of rotatable bonds is 4. The summed E-state index contributed by atoms with van der Waals surface area (Å²) in [5.74, 6) is 0. The van der Waals surface area contributed by atoms with Crippen molar-refractivity contribution in [2.75, 3.05) is 60.3 Å². The highest BCUT2D eigenvalue weighted by atomic mass is 16.5. The van der Waals surface area contributed by atoms with E-state index >= 15 is 0 Å². The van der Waals surface area contributed by atoms with E-state index in [1.54, 1.807) is 0 Å². The second kappa shape index (κ2) is 6.68. The fraction of sp³-hybridized carbons (Fsp3) is 0.462. The number of nitrogens with zero attached hydrogens (tertiary/aromatic N) is 3. The van der Waals surface area contributed by atoms with Crippen LogP contribution in [0.3, 0.4) is 0 Å². The molecule has 0 N–H and O–H groups in total. The molecule has 0 spiro atoms. The summed E-state index contributed by atoms with van der Waals surface area (Å²) in [7, 11) is 13.4. The van der Waals surface area contributed by atoms with Gasteiger partial charge in [-0.3, -0.25) is 8.97 Å². The van der Waals surface area contributed by atoms with Gasteiger partial charge in [-0.15, -0.1) is 0 Å². The smallest absolute Gasteiger partial charge is 0.194 e. The molecule has 2 aromatic rings. The molecule has 0 amide bonds. The lowest BCUT2D eigenvalue weighted by molar-refractivity contribution is 0.000337. The Morgan fingerprint density at radius 3 is 2.23 bits per heavy atom. The Morgan fingerprint density at radius 1 is 0.900 bits per heavy atom. The van der Waals surface area contributed by atoms with Crippen LogP contribution in [0.5, 0.6) is 0 Å². The maximum absolute atomic E-state index is 6.49. The van der Waals surface area contributed by atoms with Crippen molar-refractivity contribution < 1.29 is 4.74 Å². The molecule has 4 heteroatoms. The maximum atomic E-state index is 6.49. The number of hydrogen-bond acceptors (Lipinski definition) is 2. The highest BCUT2D eigenvalue weighted by molar-refractivity contribution is 5.73. The topological polar surface area (TPSA) is 12.5 Å². The van der Waals surface area contributed by atoms with Gasteiger partial charge < -0.3 is 9.64 Å². The molecule has 2 aliphatic rings. The van der Waals surface area contributed by atoms with E-state index in [0.717, 1.165) is 22.1 Å². The quantitative estimate of drug-likeness (QED) is 0.686. The number of hydrogen-bond donors (Lipinski definition) is 0. The summed E-state index contributed by atoms with van der Waals surface area (Å²) < 4.78 is 8.08. The molecule has 30 heavy (non-hydrogen) atoms. The Balaban J connectivity index is 1.77. The standard InChI is InChI=1S/C26H37N3O/c1-25(2)21-11-9-10-12-22(21)27-17-18-30-26(25,27)16-15-20-13-14-23(28(3,4)5)24(19-20)29(6,7)8/h9-16,19H,17-18H2,1-8H3/q+2/b16-15+. The van der Waals surface area contributed by atoms with Crippen molar-refractivity contribution in [3.05, 3.63) is 59.7 Å². The van der Waals surface area contributed by atoms with Crippen molar-refractivity contribution in [2.24, 2.45) is 0 Å². The molecule has 2 aromatic carbocycles. The van der Waals surface area contributed by atoms with Gasteiger partial charge in [0.25, 0.3) is 0 Å². The largest absolute Gasteiger partial charge is 0.349 e. The van der Waals surface area contributed by atoms with Gasteiger partial charge >= 0.3 is 0 Å². The molecule has 0 bridgehead atoms. The number of para-hydroxylation sites is 1. The van der Waals surface area contributed by atoms with E-state index in [0.29, 0.717) is 0 Å². The van der Waals surface area contributed by atoms with Gasteiger partial charge in [-0.05, 0) is 29.3 Å². The summed E-state index contributed by atoms with van der Waals surface area (Å²) >= 11 is 0. The zero-order valence-corrected chi connectivity index (χ0v) is 19.9. The Morgan fingerprint density at radius 2 is 1.57 bits per heavy atom. The fourth-order valence-corrected chi connectivity index (χ4v) is 5.09. The fourth-order valence-electron chi connectivity index (χ4n) is 5.09. The van der Waals surface area contributed by atoms with Crippen LogP contribution in [0, 0.1) is 0 Å². The van der Waals surface area contributed by atoms with Crippen molar-refractivity contribution >= 4 is 23.1 Å². The Kier molecular flexibility index (Phi) is 4.70. The molecule has 2 aliphatic heterocycles. The van der Waals surface area contributed by atoms with Crippen LogP contribution in [0.25, 0.3) is 6.08 Å². The summed E-state index contributed by atoms with van der Waals surface area (Å²) in [4.78, 5) is 2.44. The summed E-state index contributed by atoms with van der Waals surface area (Å²) in [5.41, 5.74) is 5.99. The normalized spacial score (nSPS) is 23.1. The molecule has 1 unspecified atom stereocenters.